The highest BCUT2D eigenvalue weighted by Gasteiger charge is 2.15. The molecule has 0 saturated heterocycles. The summed E-state index contributed by atoms with van der Waals surface area (Å²) in [6.07, 6.45) is 2.32. The van der Waals surface area contributed by atoms with Gasteiger partial charge in [-0.1, -0.05) is 19.4 Å². The summed E-state index contributed by atoms with van der Waals surface area (Å²) in [6.45, 7) is 4.53. The van der Waals surface area contributed by atoms with Crippen LogP contribution in [0.3, 0.4) is 0 Å². The molecule has 0 aliphatic heterocycles. The molecule has 0 aliphatic carbocycles. The molecule has 0 unspecified atom stereocenters. The number of anilines is 1. The second-order valence-corrected chi connectivity index (χ2v) is 4.79. The second-order valence-electron chi connectivity index (χ2n) is 4.79. The third-order valence-electron chi connectivity index (χ3n) is 3.17. The molecule has 0 atom stereocenters. The van der Waals surface area contributed by atoms with Crippen molar-refractivity contribution in [2.45, 2.75) is 33.1 Å². The van der Waals surface area contributed by atoms with Crippen molar-refractivity contribution in [3.8, 4) is 5.75 Å². The van der Waals surface area contributed by atoms with Gasteiger partial charge in [0.2, 0.25) is 11.8 Å². The van der Waals surface area contributed by atoms with Gasteiger partial charge in [0.25, 0.3) is 0 Å². The minimum atomic E-state index is -0.199. The van der Waals surface area contributed by atoms with Crippen LogP contribution in [0.4, 0.5) is 5.69 Å². The first-order valence-corrected chi connectivity index (χ1v) is 7.32. The Morgan fingerprint density at radius 3 is 2.67 bits per heavy atom. The Morgan fingerprint density at radius 2 is 2.05 bits per heavy atom. The fraction of sp³-hybridized carbons (Fsp3) is 0.500. The summed E-state index contributed by atoms with van der Waals surface area (Å²) in [5, 5.41) is 2.78. The normalized spacial score (nSPS) is 10.0. The molecule has 0 fully saturated rings. The van der Waals surface area contributed by atoms with Gasteiger partial charge < -0.3 is 15.0 Å². The predicted octanol–water partition coefficient (Wildman–Crippen LogP) is 2.67. The maximum absolute atomic E-state index is 12.0. The van der Waals surface area contributed by atoms with Gasteiger partial charge in [0.1, 0.15) is 5.75 Å². The lowest BCUT2D eigenvalue weighted by Gasteiger charge is -2.20. The fourth-order valence-corrected chi connectivity index (χ4v) is 1.94. The fourth-order valence-electron chi connectivity index (χ4n) is 1.94. The summed E-state index contributed by atoms with van der Waals surface area (Å²) in [7, 11) is 1.58. The lowest BCUT2D eigenvalue weighted by atomic mass is 10.2. The summed E-state index contributed by atoms with van der Waals surface area (Å²) in [6, 6.07) is 7.14. The van der Waals surface area contributed by atoms with Crippen LogP contribution < -0.4 is 10.1 Å². The SMILES string of the molecule is CCCCC(=O)N(CC)CC(=O)Nc1cccc(OC)c1. The summed E-state index contributed by atoms with van der Waals surface area (Å²) in [5.41, 5.74) is 0.663. The first kappa shape index (κ1) is 17.0. The Morgan fingerprint density at radius 1 is 1.29 bits per heavy atom. The number of ether oxygens (including phenoxy) is 1. The van der Waals surface area contributed by atoms with E-state index in [0.29, 0.717) is 24.4 Å². The smallest absolute Gasteiger partial charge is 0.243 e. The summed E-state index contributed by atoms with van der Waals surface area (Å²) in [5.74, 6) is 0.509. The van der Waals surface area contributed by atoms with Crippen LogP contribution in [0.2, 0.25) is 0 Å². The number of nitrogens with one attached hydrogen (secondary N) is 1. The van der Waals surface area contributed by atoms with E-state index >= 15 is 0 Å². The summed E-state index contributed by atoms with van der Waals surface area (Å²) >= 11 is 0. The van der Waals surface area contributed by atoms with Crippen molar-refractivity contribution >= 4 is 17.5 Å². The number of likely N-dealkylation sites (N-methyl/N-ethyl adjacent to an activating group) is 1. The van der Waals surface area contributed by atoms with Crippen LogP contribution in [0.5, 0.6) is 5.75 Å². The van der Waals surface area contributed by atoms with Crippen LogP contribution in [0.15, 0.2) is 24.3 Å². The third kappa shape index (κ3) is 5.85. The molecular formula is C16H24N2O3. The second kappa shape index (κ2) is 9.00. The van der Waals surface area contributed by atoms with Crippen LogP contribution in [0.25, 0.3) is 0 Å². The number of rotatable bonds is 8. The molecule has 5 heteroatoms. The Balaban J connectivity index is 2.56. The molecule has 0 aromatic heterocycles. The monoisotopic (exact) mass is 292 g/mol. The Kier molecular flexibility index (Phi) is 7.29. The van der Waals surface area contributed by atoms with Crippen molar-refractivity contribution in [1.82, 2.24) is 4.90 Å². The largest absolute Gasteiger partial charge is 0.497 e. The van der Waals surface area contributed by atoms with Crippen molar-refractivity contribution in [2.24, 2.45) is 0 Å². The van der Waals surface area contributed by atoms with Crippen molar-refractivity contribution < 1.29 is 14.3 Å². The highest BCUT2D eigenvalue weighted by molar-refractivity contribution is 5.94. The molecule has 0 aliphatic rings. The van der Waals surface area contributed by atoms with Crippen LogP contribution in [-0.2, 0) is 9.59 Å². The lowest BCUT2D eigenvalue weighted by molar-refractivity contribution is -0.134. The van der Waals surface area contributed by atoms with Crippen molar-refractivity contribution in [2.75, 3.05) is 25.5 Å². The minimum Gasteiger partial charge on any atom is -0.497 e. The molecule has 1 N–H and O–H groups in total. The summed E-state index contributed by atoms with van der Waals surface area (Å²) < 4.78 is 5.11. The molecule has 0 saturated carbocycles. The average Bonchev–Trinajstić information content (AvgIpc) is 2.50. The topological polar surface area (TPSA) is 58.6 Å². The minimum absolute atomic E-state index is 0.0279. The molecule has 1 aromatic carbocycles. The molecule has 0 bridgehead atoms. The molecule has 0 heterocycles. The first-order valence-electron chi connectivity index (χ1n) is 7.32. The number of amides is 2. The number of methoxy groups -OCH3 is 1. The molecule has 21 heavy (non-hydrogen) atoms. The molecule has 0 spiro atoms. The molecule has 2 amide bonds. The van der Waals surface area contributed by atoms with Gasteiger partial charge in [-0.15, -0.1) is 0 Å². The zero-order valence-corrected chi connectivity index (χ0v) is 13.0. The van der Waals surface area contributed by atoms with Gasteiger partial charge in [0.15, 0.2) is 0 Å². The van der Waals surface area contributed by atoms with Gasteiger partial charge >= 0.3 is 0 Å². The number of carbonyl (C=O) groups is 2. The Hall–Kier alpha value is -2.04. The number of nitrogens with zero attached hydrogens (tertiary/aromatic N) is 1. The van der Waals surface area contributed by atoms with Gasteiger partial charge in [-0.3, -0.25) is 9.59 Å². The average molecular weight is 292 g/mol. The van der Waals surface area contributed by atoms with Gasteiger partial charge in [-0.2, -0.15) is 0 Å². The van der Waals surface area contributed by atoms with E-state index < -0.39 is 0 Å². The quantitative estimate of drug-likeness (QED) is 0.801. The molecule has 0 radical (unpaired) electrons. The molecule has 5 nitrogen and oxygen atoms in total. The summed E-state index contributed by atoms with van der Waals surface area (Å²) in [4.78, 5) is 25.5. The van der Waals surface area contributed by atoms with E-state index in [1.165, 1.54) is 0 Å². The highest BCUT2D eigenvalue weighted by Crippen LogP contribution is 2.16. The van der Waals surface area contributed by atoms with E-state index in [1.807, 2.05) is 19.9 Å². The lowest BCUT2D eigenvalue weighted by Crippen LogP contribution is -2.37. The van der Waals surface area contributed by atoms with E-state index in [1.54, 1.807) is 30.2 Å². The van der Waals surface area contributed by atoms with Crippen molar-refractivity contribution in [3.05, 3.63) is 24.3 Å². The third-order valence-corrected chi connectivity index (χ3v) is 3.17. The standard InChI is InChI=1S/C16H24N2O3/c1-4-6-10-16(20)18(5-2)12-15(19)17-13-8-7-9-14(11-13)21-3/h7-9,11H,4-6,10,12H2,1-3H3,(H,17,19). The molecule has 116 valence electrons. The maximum Gasteiger partial charge on any atom is 0.243 e. The van der Waals surface area contributed by atoms with Crippen LogP contribution in [0.1, 0.15) is 33.1 Å². The van der Waals surface area contributed by atoms with E-state index in [4.69, 9.17) is 4.74 Å². The van der Waals surface area contributed by atoms with Crippen molar-refractivity contribution in [1.29, 1.82) is 0 Å². The molecule has 1 rings (SSSR count). The number of benzene rings is 1. The van der Waals surface area contributed by atoms with Crippen LogP contribution in [-0.4, -0.2) is 36.9 Å². The zero-order chi connectivity index (χ0) is 15.7. The molecule has 1 aromatic rings. The van der Waals surface area contributed by atoms with E-state index in [-0.39, 0.29) is 18.4 Å². The highest BCUT2D eigenvalue weighted by atomic mass is 16.5. The van der Waals surface area contributed by atoms with Crippen LogP contribution in [0, 0.1) is 0 Å². The first-order chi connectivity index (χ1) is 10.1. The van der Waals surface area contributed by atoms with E-state index in [2.05, 4.69) is 5.32 Å². The number of hydrogen-bond acceptors (Lipinski definition) is 3. The van der Waals surface area contributed by atoms with Gasteiger partial charge in [-0.05, 0) is 25.5 Å². The van der Waals surface area contributed by atoms with Gasteiger partial charge in [0.05, 0.1) is 13.7 Å². The van der Waals surface area contributed by atoms with Gasteiger partial charge in [0, 0.05) is 24.7 Å². The predicted molar refractivity (Wildman–Crippen MR) is 83.4 cm³/mol. The van der Waals surface area contributed by atoms with Crippen LogP contribution >= 0.6 is 0 Å². The maximum atomic E-state index is 12.0. The van der Waals surface area contributed by atoms with Gasteiger partial charge in [-0.25, -0.2) is 0 Å². The number of hydrogen-bond donors (Lipinski definition) is 1. The van der Waals surface area contributed by atoms with Crippen molar-refractivity contribution in [3.63, 3.8) is 0 Å². The number of carbonyl (C=O) groups excluding carboxylic acids is 2. The molecular weight excluding hydrogens is 268 g/mol. The van der Waals surface area contributed by atoms with E-state index in [9.17, 15) is 9.59 Å². The zero-order valence-electron chi connectivity index (χ0n) is 13.0. The Bertz CT molecular complexity index is 474. The van der Waals surface area contributed by atoms with E-state index in [0.717, 1.165) is 12.8 Å². The number of unbranched alkanes of at least 4 members (excludes halogenated alkanes) is 1. The Labute approximate surface area is 126 Å².